The second kappa shape index (κ2) is 7.00. The molecule has 7 heteroatoms. The summed E-state index contributed by atoms with van der Waals surface area (Å²) < 4.78 is 15.1. The fourth-order valence-corrected chi connectivity index (χ4v) is 1.99. The van der Waals surface area contributed by atoms with Crippen molar-refractivity contribution >= 4 is 29.2 Å². The quantitative estimate of drug-likeness (QED) is 0.853. The summed E-state index contributed by atoms with van der Waals surface area (Å²) in [4.78, 5) is 23.8. The number of hydrogen-bond donors (Lipinski definition) is 1. The molecule has 1 aromatic heterocycles. The fraction of sp³-hybridized carbons (Fsp3) is 0.200. The van der Waals surface area contributed by atoms with E-state index in [1.165, 1.54) is 31.6 Å². The molecule has 1 amide bonds. The number of amides is 1. The minimum absolute atomic E-state index is 0.143. The van der Waals surface area contributed by atoms with Gasteiger partial charge in [-0.3, -0.25) is 4.79 Å². The van der Waals surface area contributed by atoms with Crippen molar-refractivity contribution < 1.29 is 23.5 Å². The summed E-state index contributed by atoms with van der Waals surface area (Å²) in [6, 6.07) is 5.96. The van der Waals surface area contributed by atoms with E-state index in [1.54, 1.807) is 13.0 Å². The molecule has 0 unspecified atom stereocenters. The largest absolute Gasteiger partial charge is 0.496 e. The summed E-state index contributed by atoms with van der Waals surface area (Å²) in [5.74, 6) is -0.620. The van der Waals surface area contributed by atoms with Crippen molar-refractivity contribution in [2.45, 2.75) is 6.92 Å². The lowest BCUT2D eigenvalue weighted by atomic mass is 10.1. The summed E-state index contributed by atoms with van der Waals surface area (Å²) in [6.45, 7) is 1.93. The molecule has 0 saturated carbocycles. The third-order valence-electron chi connectivity index (χ3n) is 2.78. The van der Waals surface area contributed by atoms with E-state index in [0.29, 0.717) is 5.69 Å². The number of carbonyl (C=O) groups is 2. The van der Waals surface area contributed by atoms with E-state index in [2.05, 4.69) is 5.32 Å². The zero-order valence-electron chi connectivity index (χ0n) is 12.0. The first-order chi connectivity index (χ1) is 10.6. The van der Waals surface area contributed by atoms with Gasteiger partial charge in [-0.2, -0.15) is 0 Å². The number of benzene rings is 1. The molecule has 22 heavy (non-hydrogen) atoms. The number of esters is 1. The van der Waals surface area contributed by atoms with Crippen molar-refractivity contribution in [1.29, 1.82) is 0 Å². The lowest BCUT2D eigenvalue weighted by Crippen LogP contribution is -2.13. The molecule has 0 aliphatic carbocycles. The molecule has 2 aromatic rings. The van der Waals surface area contributed by atoms with Crippen molar-refractivity contribution in [2.75, 3.05) is 19.0 Å². The molecule has 1 N–H and O–H groups in total. The first-order valence-corrected chi connectivity index (χ1v) is 6.84. The smallest absolute Gasteiger partial charge is 0.341 e. The highest BCUT2D eigenvalue weighted by Crippen LogP contribution is 2.31. The Morgan fingerprint density at radius 2 is 2.14 bits per heavy atom. The first-order valence-electron chi connectivity index (χ1n) is 6.46. The molecule has 0 aliphatic heterocycles. The van der Waals surface area contributed by atoms with Crippen LogP contribution < -0.4 is 10.1 Å². The van der Waals surface area contributed by atoms with Gasteiger partial charge in [-0.05, 0) is 25.1 Å². The van der Waals surface area contributed by atoms with Crippen LogP contribution in [0.15, 0.2) is 34.9 Å². The second-order valence-electron chi connectivity index (χ2n) is 4.18. The summed E-state index contributed by atoms with van der Waals surface area (Å²) in [7, 11) is 1.41. The predicted octanol–water partition coefficient (Wildman–Crippen LogP) is 3.37. The Kier molecular flexibility index (Phi) is 5.06. The first kappa shape index (κ1) is 15.9. The fourth-order valence-electron chi connectivity index (χ4n) is 1.78. The highest BCUT2D eigenvalue weighted by atomic mass is 35.5. The molecule has 2 rings (SSSR count). The van der Waals surface area contributed by atoms with Gasteiger partial charge in [0, 0.05) is 6.07 Å². The minimum atomic E-state index is -0.551. The van der Waals surface area contributed by atoms with E-state index in [4.69, 9.17) is 25.5 Å². The Bertz CT molecular complexity index is 681. The van der Waals surface area contributed by atoms with Gasteiger partial charge in [0.25, 0.3) is 5.91 Å². The van der Waals surface area contributed by atoms with Crippen molar-refractivity contribution in [3.63, 3.8) is 0 Å². The molecule has 0 saturated heterocycles. The zero-order chi connectivity index (χ0) is 16.1. The van der Waals surface area contributed by atoms with Crippen LogP contribution in [0, 0.1) is 0 Å². The van der Waals surface area contributed by atoms with Gasteiger partial charge in [-0.15, -0.1) is 0 Å². The van der Waals surface area contributed by atoms with Crippen LogP contribution in [0.2, 0.25) is 5.02 Å². The maximum absolute atomic E-state index is 12.0. The number of rotatable bonds is 5. The Morgan fingerprint density at radius 3 is 2.73 bits per heavy atom. The van der Waals surface area contributed by atoms with E-state index in [-0.39, 0.29) is 28.7 Å². The maximum atomic E-state index is 12.0. The Morgan fingerprint density at radius 1 is 1.36 bits per heavy atom. The minimum Gasteiger partial charge on any atom is -0.496 e. The van der Waals surface area contributed by atoms with Crippen LogP contribution in [0.25, 0.3) is 0 Å². The van der Waals surface area contributed by atoms with Crippen LogP contribution in [0.3, 0.4) is 0 Å². The Labute approximate surface area is 132 Å². The van der Waals surface area contributed by atoms with Crippen LogP contribution in [0.4, 0.5) is 5.69 Å². The van der Waals surface area contributed by atoms with Gasteiger partial charge >= 0.3 is 5.97 Å². The number of hydrogen-bond acceptors (Lipinski definition) is 5. The summed E-state index contributed by atoms with van der Waals surface area (Å²) >= 11 is 6.10. The van der Waals surface area contributed by atoms with E-state index < -0.39 is 11.9 Å². The molecule has 0 spiro atoms. The number of furan rings is 1. The monoisotopic (exact) mass is 323 g/mol. The van der Waals surface area contributed by atoms with Crippen LogP contribution in [-0.4, -0.2) is 25.6 Å². The second-order valence-corrected chi connectivity index (χ2v) is 4.59. The molecule has 116 valence electrons. The standard InChI is InChI=1S/C15H14ClNO5/c1-3-21-15(19)9-7-10(16)11(8-13(9)20-2)17-14(18)12-5-4-6-22-12/h4-8H,3H2,1-2H3,(H,17,18). The number of halogens is 1. The Balaban J connectivity index is 2.30. The molecular formula is C15H14ClNO5. The van der Waals surface area contributed by atoms with Gasteiger partial charge in [0.05, 0.1) is 30.7 Å². The van der Waals surface area contributed by atoms with E-state index in [1.807, 2.05) is 0 Å². The summed E-state index contributed by atoms with van der Waals surface area (Å²) in [5, 5.41) is 2.77. The number of nitrogens with one attached hydrogen (secondary N) is 1. The van der Waals surface area contributed by atoms with Gasteiger partial charge in [-0.25, -0.2) is 4.79 Å². The number of anilines is 1. The lowest BCUT2D eigenvalue weighted by molar-refractivity contribution is 0.0522. The number of methoxy groups -OCH3 is 1. The van der Waals surface area contributed by atoms with Crippen LogP contribution >= 0.6 is 11.6 Å². The van der Waals surface area contributed by atoms with Crippen LogP contribution in [-0.2, 0) is 4.74 Å². The van der Waals surface area contributed by atoms with Crippen molar-refractivity contribution in [2.24, 2.45) is 0 Å². The van der Waals surface area contributed by atoms with E-state index in [9.17, 15) is 9.59 Å². The average Bonchev–Trinajstić information content (AvgIpc) is 3.03. The average molecular weight is 324 g/mol. The molecule has 0 atom stereocenters. The van der Waals surface area contributed by atoms with Gasteiger partial charge in [-0.1, -0.05) is 11.6 Å². The highest BCUT2D eigenvalue weighted by Gasteiger charge is 2.18. The molecule has 0 radical (unpaired) electrons. The third-order valence-corrected chi connectivity index (χ3v) is 3.09. The van der Waals surface area contributed by atoms with Gasteiger partial charge in [0.15, 0.2) is 5.76 Å². The van der Waals surface area contributed by atoms with E-state index >= 15 is 0 Å². The Hall–Kier alpha value is -2.47. The molecular weight excluding hydrogens is 310 g/mol. The topological polar surface area (TPSA) is 77.8 Å². The summed E-state index contributed by atoms with van der Waals surface area (Å²) in [6.07, 6.45) is 1.39. The normalized spacial score (nSPS) is 10.1. The predicted molar refractivity (Wildman–Crippen MR) is 80.6 cm³/mol. The van der Waals surface area contributed by atoms with Crippen LogP contribution in [0.5, 0.6) is 5.75 Å². The van der Waals surface area contributed by atoms with E-state index in [0.717, 1.165) is 0 Å². The third kappa shape index (κ3) is 3.40. The molecule has 0 bridgehead atoms. The van der Waals surface area contributed by atoms with Crippen molar-refractivity contribution in [1.82, 2.24) is 0 Å². The molecule has 1 heterocycles. The van der Waals surface area contributed by atoms with Gasteiger partial charge in [0.2, 0.25) is 0 Å². The number of carbonyl (C=O) groups excluding carboxylic acids is 2. The summed E-state index contributed by atoms with van der Waals surface area (Å²) in [5.41, 5.74) is 0.485. The zero-order valence-corrected chi connectivity index (χ0v) is 12.8. The van der Waals surface area contributed by atoms with Gasteiger partial charge < -0.3 is 19.2 Å². The molecule has 0 aliphatic rings. The molecule has 0 fully saturated rings. The highest BCUT2D eigenvalue weighted by molar-refractivity contribution is 6.34. The maximum Gasteiger partial charge on any atom is 0.341 e. The lowest BCUT2D eigenvalue weighted by Gasteiger charge is -2.12. The molecule has 6 nitrogen and oxygen atoms in total. The van der Waals surface area contributed by atoms with Gasteiger partial charge in [0.1, 0.15) is 11.3 Å². The van der Waals surface area contributed by atoms with Crippen molar-refractivity contribution in [3.05, 3.63) is 46.9 Å². The number of ether oxygens (including phenoxy) is 2. The molecule has 1 aromatic carbocycles. The SMILES string of the molecule is CCOC(=O)c1cc(Cl)c(NC(=O)c2ccco2)cc1OC. The van der Waals surface area contributed by atoms with Crippen LogP contribution in [0.1, 0.15) is 27.8 Å². The van der Waals surface area contributed by atoms with Crippen molar-refractivity contribution in [3.8, 4) is 5.75 Å².